The number of likely N-dealkylation sites (N-methyl/N-ethyl adjacent to an activating group) is 1. The summed E-state index contributed by atoms with van der Waals surface area (Å²) in [7, 11) is 0. The summed E-state index contributed by atoms with van der Waals surface area (Å²) in [5.41, 5.74) is 0. The Balaban J connectivity index is 1.39. The fourth-order valence-corrected chi connectivity index (χ4v) is 4.29. The SMILES string of the molecule is CCN(CC(=O)NC1CCN(C2CCCCC2O)CC1)C1CC1. The minimum atomic E-state index is -0.147. The van der Waals surface area contributed by atoms with E-state index in [-0.39, 0.29) is 12.0 Å². The summed E-state index contributed by atoms with van der Waals surface area (Å²) in [6.45, 7) is 5.68. The van der Waals surface area contributed by atoms with Gasteiger partial charge in [-0.1, -0.05) is 19.8 Å². The smallest absolute Gasteiger partial charge is 0.234 e. The monoisotopic (exact) mass is 323 g/mol. The number of amides is 1. The van der Waals surface area contributed by atoms with E-state index in [4.69, 9.17) is 0 Å². The second-order valence-corrected chi connectivity index (χ2v) is 7.59. The number of aliphatic hydroxyl groups excluding tert-OH is 1. The predicted octanol–water partition coefficient (Wildman–Crippen LogP) is 1.35. The van der Waals surface area contributed by atoms with Gasteiger partial charge in [-0.15, -0.1) is 0 Å². The normalized spacial score (nSPS) is 30.6. The van der Waals surface area contributed by atoms with E-state index in [1.807, 2.05) is 0 Å². The van der Waals surface area contributed by atoms with Crippen LogP contribution in [0.4, 0.5) is 0 Å². The van der Waals surface area contributed by atoms with Gasteiger partial charge < -0.3 is 10.4 Å². The molecule has 23 heavy (non-hydrogen) atoms. The minimum Gasteiger partial charge on any atom is -0.391 e. The molecule has 0 aromatic heterocycles. The van der Waals surface area contributed by atoms with Crippen LogP contribution in [-0.2, 0) is 4.79 Å². The van der Waals surface area contributed by atoms with Gasteiger partial charge in [0.2, 0.25) is 5.91 Å². The third-order valence-electron chi connectivity index (χ3n) is 5.87. The molecule has 0 radical (unpaired) electrons. The Morgan fingerprint density at radius 2 is 1.83 bits per heavy atom. The van der Waals surface area contributed by atoms with E-state index < -0.39 is 0 Å². The highest BCUT2D eigenvalue weighted by molar-refractivity contribution is 5.78. The summed E-state index contributed by atoms with van der Waals surface area (Å²) >= 11 is 0. The van der Waals surface area contributed by atoms with Gasteiger partial charge in [-0.25, -0.2) is 0 Å². The van der Waals surface area contributed by atoms with Crippen molar-refractivity contribution in [1.29, 1.82) is 0 Å². The number of hydrogen-bond donors (Lipinski definition) is 2. The van der Waals surface area contributed by atoms with Crippen LogP contribution in [0.25, 0.3) is 0 Å². The van der Waals surface area contributed by atoms with Crippen LogP contribution in [0.15, 0.2) is 0 Å². The van der Waals surface area contributed by atoms with Crippen molar-refractivity contribution >= 4 is 5.91 Å². The van der Waals surface area contributed by atoms with Gasteiger partial charge in [0.25, 0.3) is 0 Å². The fraction of sp³-hybridized carbons (Fsp3) is 0.944. The van der Waals surface area contributed by atoms with Gasteiger partial charge >= 0.3 is 0 Å². The highest BCUT2D eigenvalue weighted by atomic mass is 16.3. The van der Waals surface area contributed by atoms with Gasteiger partial charge in [0, 0.05) is 31.2 Å². The molecule has 2 saturated carbocycles. The lowest BCUT2D eigenvalue weighted by Crippen LogP contribution is -2.53. The van der Waals surface area contributed by atoms with E-state index in [0.29, 0.717) is 24.7 Å². The van der Waals surface area contributed by atoms with Crippen molar-refractivity contribution in [2.24, 2.45) is 0 Å². The third kappa shape index (κ3) is 4.68. The Hall–Kier alpha value is -0.650. The number of carbonyl (C=O) groups excluding carboxylic acids is 1. The third-order valence-corrected chi connectivity index (χ3v) is 5.87. The first kappa shape index (κ1) is 17.2. The standard InChI is InChI=1S/C18H33N3O2/c1-2-20(15-7-8-15)13-18(23)19-14-9-11-21(12-10-14)16-5-3-4-6-17(16)22/h14-17,22H,2-13H2,1H3,(H,19,23). The molecule has 0 spiro atoms. The molecule has 2 unspecified atom stereocenters. The second-order valence-electron chi connectivity index (χ2n) is 7.59. The summed E-state index contributed by atoms with van der Waals surface area (Å²) in [5, 5.41) is 13.4. The molecule has 1 saturated heterocycles. The van der Waals surface area contributed by atoms with Gasteiger partial charge in [0.1, 0.15) is 0 Å². The van der Waals surface area contributed by atoms with Crippen molar-refractivity contribution in [3.63, 3.8) is 0 Å². The highest BCUT2D eigenvalue weighted by Gasteiger charge is 2.32. The Labute approximate surface area is 140 Å². The number of piperidine rings is 1. The van der Waals surface area contributed by atoms with Crippen molar-refractivity contribution in [2.75, 3.05) is 26.2 Å². The zero-order chi connectivity index (χ0) is 16.2. The second kappa shape index (κ2) is 7.95. The molecule has 3 fully saturated rings. The van der Waals surface area contributed by atoms with Gasteiger partial charge in [0.15, 0.2) is 0 Å². The van der Waals surface area contributed by atoms with Gasteiger partial charge in [-0.2, -0.15) is 0 Å². The van der Waals surface area contributed by atoms with E-state index in [1.54, 1.807) is 0 Å². The quantitative estimate of drug-likeness (QED) is 0.775. The van der Waals surface area contributed by atoms with E-state index in [2.05, 4.69) is 22.0 Å². The van der Waals surface area contributed by atoms with Crippen LogP contribution in [0.2, 0.25) is 0 Å². The summed E-state index contributed by atoms with van der Waals surface area (Å²) in [5.74, 6) is 0.190. The first-order valence-electron chi connectivity index (χ1n) is 9.63. The molecule has 5 nitrogen and oxygen atoms in total. The molecule has 0 aromatic rings. The number of rotatable bonds is 6. The van der Waals surface area contributed by atoms with Crippen molar-refractivity contribution in [3.05, 3.63) is 0 Å². The lowest BCUT2D eigenvalue weighted by Gasteiger charge is -2.41. The summed E-state index contributed by atoms with van der Waals surface area (Å²) in [4.78, 5) is 17.0. The van der Waals surface area contributed by atoms with Gasteiger partial charge in [-0.05, 0) is 45.1 Å². The van der Waals surface area contributed by atoms with Gasteiger partial charge in [0.05, 0.1) is 12.6 Å². The molecule has 1 aliphatic heterocycles. The van der Waals surface area contributed by atoms with Crippen LogP contribution in [0, 0.1) is 0 Å². The average Bonchev–Trinajstić information content (AvgIpc) is 3.39. The minimum absolute atomic E-state index is 0.147. The number of nitrogens with zero attached hydrogens (tertiary/aromatic N) is 2. The topological polar surface area (TPSA) is 55.8 Å². The van der Waals surface area contributed by atoms with Crippen LogP contribution in [0.1, 0.15) is 58.3 Å². The van der Waals surface area contributed by atoms with E-state index in [1.165, 1.54) is 25.7 Å². The molecular formula is C18H33N3O2. The number of nitrogens with one attached hydrogen (secondary N) is 1. The van der Waals surface area contributed by atoms with E-state index in [0.717, 1.165) is 45.3 Å². The van der Waals surface area contributed by atoms with Crippen LogP contribution >= 0.6 is 0 Å². The Morgan fingerprint density at radius 1 is 1.13 bits per heavy atom. The maximum atomic E-state index is 12.2. The maximum Gasteiger partial charge on any atom is 0.234 e. The Bertz CT molecular complexity index is 392. The van der Waals surface area contributed by atoms with Crippen LogP contribution in [0.3, 0.4) is 0 Å². The maximum absolute atomic E-state index is 12.2. The van der Waals surface area contributed by atoms with Crippen LogP contribution in [0.5, 0.6) is 0 Å². The summed E-state index contributed by atoms with van der Waals surface area (Å²) < 4.78 is 0. The van der Waals surface area contributed by atoms with Crippen molar-refractivity contribution < 1.29 is 9.90 Å². The van der Waals surface area contributed by atoms with Crippen LogP contribution in [-0.4, -0.2) is 71.2 Å². The van der Waals surface area contributed by atoms with Crippen molar-refractivity contribution in [2.45, 2.75) is 82.5 Å². The number of likely N-dealkylation sites (tertiary alicyclic amines) is 1. The number of aliphatic hydroxyl groups is 1. The number of carbonyl (C=O) groups is 1. The molecule has 132 valence electrons. The Morgan fingerprint density at radius 3 is 2.43 bits per heavy atom. The largest absolute Gasteiger partial charge is 0.391 e. The highest BCUT2D eigenvalue weighted by Crippen LogP contribution is 2.27. The molecule has 2 N–H and O–H groups in total. The molecule has 0 bridgehead atoms. The molecule has 5 heteroatoms. The molecule has 3 rings (SSSR count). The van der Waals surface area contributed by atoms with Crippen LogP contribution < -0.4 is 5.32 Å². The molecule has 0 aromatic carbocycles. The zero-order valence-corrected chi connectivity index (χ0v) is 14.5. The molecule has 2 atom stereocenters. The first-order chi connectivity index (χ1) is 11.2. The van der Waals surface area contributed by atoms with E-state index in [9.17, 15) is 9.90 Å². The first-order valence-corrected chi connectivity index (χ1v) is 9.63. The summed E-state index contributed by atoms with van der Waals surface area (Å²) in [6, 6.07) is 1.32. The summed E-state index contributed by atoms with van der Waals surface area (Å²) in [6.07, 6.45) is 8.89. The number of hydrogen-bond acceptors (Lipinski definition) is 4. The molecule has 1 heterocycles. The van der Waals surface area contributed by atoms with Crippen molar-refractivity contribution in [1.82, 2.24) is 15.1 Å². The fourth-order valence-electron chi connectivity index (χ4n) is 4.29. The molecule has 1 amide bonds. The van der Waals surface area contributed by atoms with E-state index >= 15 is 0 Å². The Kier molecular flexibility index (Phi) is 5.94. The lowest BCUT2D eigenvalue weighted by molar-refractivity contribution is -0.123. The molecule has 2 aliphatic carbocycles. The predicted molar refractivity (Wildman–Crippen MR) is 91.3 cm³/mol. The molecular weight excluding hydrogens is 290 g/mol. The lowest BCUT2D eigenvalue weighted by atomic mass is 9.89. The average molecular weight is 323 g/mol. The van der Waals surface area contributed by atoms with Crippen molar-refractivity contribution in [3.8, 4) is 0 Å². The van der Waals surface area contributed by atoms with Gasteiger partial charge in [-0.3, -0.25) is 14.6 Å². The molecule has 3 aliphatic rings. The zero-order valence-electron chi connectivity index (χ0n) is 14.5.